The molecule has 1 atom stereocenters. The number of nitriles is 1. The minimum atomic E-state index is -0.568. The van der Waals surface area contributed by atoms with E-state index in [0.29, 0.717) is 6.61 Å². The monoisotopic (exact) mass is 198 g/mol. The topological polar surface area (TPSA) is 45.0 Å². The van der Waals surface area contributed by atoms with Crippen LogP contribution >= 0.6 is 0 Å². The molecule has 0 aromatic rings. The largest absolute Gasteiger partial charge is 0.373 e. The van der Waals surface area contributed by atoms with Crippen LogP contribution in [0.15, 0.2) is 0 Å². The highest BCUT2D eigenvalue weighted by atomic mass is 16.5. The summed E-state index contributed by atoms with van der Waals surface area (Å²) in [6.45, 7) is 11.2. The number of nitrogens with one attached hydrogen (secondary N) is 1. The van der Waals surface area contributed by atoms with Gasteiger partial charge in [0.2, 0.25) is 0 Å². The standard InChI is InChI=1S/C11H22N2O/c1-6-10(3,4)14-9-11(5,8-12)13-7-2/h13H,6-7,9H2,1-5H3. The molecule has 14 heavy (non-hydrogen) atoms. The fourth-order valence-electron chi connectivity index (χ4n) is 0.955. The maximum Gasteiger partial charge on any atom is 0.127 e. The number of likely N-dealkylation sites (N-methyl/N-ethyl adjacent to an activating group) is 1. The molecule has 0 saturated carbocycles. The predicted octanol–water partition coefficient (Wildman–Crippen LogP) is 2.08. The maximum absolute atomic E-state index is 8.99. The third-order valence-corrected chi connectivity index (χ3v) is 2.42. The Morgan fingerprint density at radius 1 is 1.29 bits per heavy atom. The van der Waals surface area contributed by atoms with Gasteiger partial charge in [0.15, 0.2) is 0 Å². The summed E-state index contributed by atoms with van der Waals surface area (Å²) in [5, 5.41) is 12.1. The molecule has 0 saturated heterocycles. The highest BCUT2D eigenvalue weighted by Crippen LogP contribution is 2.16. The van der Waals surface area contributed by atoms with Crippen LogP contribution in [-0.4, -0.2) is 24.3 Å². The normalized spacial score (nSPS) is 16.0. The fourth-order valence-corrected chi connectivity index (χ4v) is 0.955. The first-order valence-corrected chi connectivity index (χ1v) is 5.19. The van der Waals surface area contributed by atoms with E-state index in [1.807, 2.05) is 27.7 Å². The minimum Gasteiger partial charge on any atom is -0.373 e. The Morgan fingerprint density at radius 3 is 2.21 bits per heavy atom. The number of rotatable bonds is 6. The van der Waals surface area contributed by atoms with Crippen molar-refractivity contribution in [1.29, 1.82) is 5.26 Å². The van der Waals surface area contributed by atoms with Crippen LogP contribution in [0.3, 0.4) is 0 Å². The average Bonchev–Trinajstić information content (AvgIpc) is 2.16. The van der Waals surface area contributed by atoms with Crippen LogP contribution < -0.4 is 5.32 Å². The summed E-state index contributed by atoms with van der Waals surface area (Å²) in [6.07, 6.45) is 0.945. The molecule has 1 N–H and O–H groups in total. The van der Waals surface area contributed by atoms with E-state index in [-0.39, 0.29) is 5.60 Å². The van der Waals surface area contributed by atoms with Gasteiger partial charge in [-0.15, -0.1) is 0 Å². The van der Waals surface area contributed by atoms with E-state index in [4.69, 9.17) is 10.00 Å². The van der Waals surface area contributed by atoms with E-state index in [9.17, 15) is 0 Å². The van der Waals surface area contributed by atoms with Crippen molar-refractivity contribution in [2.45, 2.75) is 52.2 Å². The molecule has 0 spiro atoms. The molecule has 0 amide bonds. The van der Waals surface area contributed by atoms with Crippen LogP contribution in [0, 0.1) is 11.3 Å². The van der Waals surface area contributed by atoms with Gasteiger partial charge in [0.1, 0.15) is 5.54 Å². The molecule has 3 heteroatoms. The van der Waals surface area contributed by atoms with Crippen molar-refractivity contribution in [3.05, 3.63) is 0 Å². The van der Waals surface area contributed by atoms with E-state index in [1.165, 1.54) is 0 Å². The molecule has 3 nitrogen and oxygen atoms in total. The molecule has 0 bridgehead atoms. The minimum absolute atomic E-state index is 0.145. The van der Waals surface area contributed by atoms with Crippen LogP contribution in [-0.2, 0) is 4.74 Å². The number of hydrogen-bond acceptors (Lipinski definition) is 3. The van der Waals surface area contributed by atoms with Gasteiger partial charge in [-0.05, 0) is 33.7 Å². The Balaban J connectivity index is 4.15. The molecule has 0 rings (SSSR count). The molecule has 0 aliphatic rings. The second-order valence-corrected chi connectivity index (χ2v) is 4.38. The number of ether oxygens (including phenoxy) is 1. The average molecular weight is 198 g/mol. The van der Waals surface area contributed by atoms with Crippen LogP contribution in [0.5, 0.6) is 0 Å². The summed E-state index contributed by atoms with van der Waals surface area (Å²) in [5.41, 5.74) is -0.714. The van der Waals surface area contributed by atoms with Gasteiger partial charge in [0.25, 0.3) is 0 Å². The van der Waals surface area contributed by atoms with Crippen LogP contribution in [0.2, 0.25) is 0 Å². The van der Waals surface area contributed by atoms with Gasteiger partial charge in [-0.3, -0.25) is 5.32 Å². The second-order valence-electron chi connectivity index (χ2n) is 4.38. The molecule has 0 aromatic carbocycles. The van der Waals surface area contributed by atoms with Gasteiger partial charge in [0, 0.05) is 0 Å². The zero-order valence-corrected chi connectivity index (χ0v) is 9.98. The summed E-state index contributed by atoms with van der Waals surface area (Å²) in [6, 6.07) is 2.24. The quantitative estimate of drug-likeness (QED) is 0.710. The molecule has 0 fully saturated rings. The van der Waals surface area contributed by atoms with E-state index in [2.05, 4.69) is 18.3 Å². The van der Waals surface area contributed by atoms with Crippen molar-refractivity contribution in [3.63, 3.8) is 0 Å². The van der Waals surface area contributed by atoms with Crippen molar-refractivity contribution >= 4 is 0 Å². The van der Waals surface area contributed by atoms with Crippen LogP contribution in [0.25, 0.3) is 0 Å². The first kappa shape index (κ1) is 13.4. The predicted molar refractivity (Wildman–Crippen MR) is 58.0 cm³/mol. The molecule has 0 heterocycles. The Labute approximate surface area is 87.4 Å². The Hall–Kier alpha value is -0.590. The first-order chi connectivity index (χ1) is 6.39. The van der Waals surface area contributed by atoms with Crippen LogP contribution in [0.1, 0.15) is 41.0 Å². The maximum atomic E-state index is 8.99. The zero-order valence-electron chi connectivity index (χ0n) is 9.98. The van der Waals surface area contributed by atoms with E-state index < -0.39 is 5.54 Å². The van der Waals surface area contributed by atoms with Gasteiger partial charge in [0.05, 0.1) is 18.3 Å². The van der Waals surface area contributed by atoms with E-state index >= 15 is 0 Å². The smallest absolute Gasteiger partial charge is 0.127 e. The van der Waals surface area contributed by atoms with Gasteiger partial charge < -0.3 is 4.74 Å². The Bertz CT molecular complexity index is 208. The van der Waals surface area contributed by atoms with Crippen molar-refractivity contribution < 1.29 is 4.74 Å². The second kappa shape index (κ2) is 5.33. The third-order valence-electron chi connectivity index (χ3n) is 2.42. The summed E-state index contributed by atoms with van der Waals surface area (Å²) < 4.78 is 5.70. The van der Waals surface area contributed by atoms with Crippen molar-refractivity contribution in [1.82, 2.24) is 5.32 Å². The summed E-state index contributed by atoms with van der Waals surface area (Å²) >= 11 is 0. The molecule has 0 aliphatic carbocycles. The van der Waals surface area contributed by atoms with Gasteiger partial charge >= 0.3 is 0 Å². The van der Waals surface area contributed by atoms with Crippen molar-refractivity contribution in [2.24, 2.45) is 0 Å². The number of hydrogen-bond donors (Lipinski definition) is 1. The molecular weight excluding hydrogens is 176 g/mol. The fraction of sp³-hybridized carbons (Fsp3) is 0.909. The molecular formula is C11H22N2O. The molecule has 0 aliphatic heterocycles. The Morgan fingerprint density at radius 2 is 1.86 bits per heavy atom. The lowest BCUT2D eigenvalue weighted by Gasteiger charge is -2.29. The summed E-state index contributed by atoms with van der Waals surface area (Å²) in [4.78, 5) is 0. The summed E-state index contributed by atoms with van der Waals surface area (Å²) in [5.74, 6) is 0. The van der Waals surface area contributed by atoms with Crippen LogP contribution in [0.4, 0.5) is 0 Å². The lowest BCUT2D eigenvalue weighted by Crippen LogP contribution is -2.47. The SMILES string of the molecule is CCNC(C)(C#N)COC(C)(C)CC. The molecule has 0 radical (unpaired) electrons. The van der Waals surface area contributed by atoms with Crippen molar-refractivity contribution in [3.8, 4) is 6.07 Å². The van der Waals surface area contributed by atoms with E-state index in [1.54, 1.807) is 0 Å². The highest BCUT2D eigenvalue weighted by molar-refractivity contribution is 5.03. The Kier molecular flexibility index (Phi) is 5.11. The lowest BCUT2D eigenvalue weighted by molar-refractivity contribution is -0.0381. The molecule has 82 valence electrons. The molecule has 0 aromatic heterocycles. The lowest BCUT2D eigenvalue weighted by atomic mass is 10.0. The highest BCUT2D eigenvalue weighted by Gasteiger charge is 2.26. The van der Waals surface area contributed by atoms with Crippen molar-refractivity contribution in [2.75, 3.05) is 13.2 Å². The zero-order chi connectivity index (χ0) is 11.2. The third kappa shape index (κ3) is 4.59. The van der Waals surface area contributed by atoms with Gasteiger partial charge in [-0.1, -0.05) is 13.8 Å². The van der Waals surface area contributed by atoms with E-state index in [0.717, 1.165) is 13.0 Å². The summed E-state index contributed by atoms with van der Waals surface area (Å²) in [7, 11) is 0. The first-order valence-electron chi connectivity index (χ1n) is 5.19. The number of nitrogens with zero attached hydrogens (tertiary/aromatic N) is 1. The van der Waals surface area contributed by atoms with Gasteiger partial charge in [-0.25, -0.2) is 0 Å². The van der Waals surface area contributed by atoms with Gasteiger partial charge in [-0.2, -0.15) is 5.26 Å². The molecule has 1 unspecified atom stereocenters.